The van der Waals surface area contributed by atoms with Crippen molar-refractivity contribution >= 4 is 28.8 Å². The van der Waals surface area contributed by atoms with Gasteiger partial charge in [-0.2, -0.15) is 0 Å². The molecule has 3 rings (SSSR count). The summed E-state index contributed by atoms with van der Waals surface area (Å²) >= 11 is 5.95. The lowest BCUT2D eigenvalue weighted by Crippen LogP contribution is -2.34. The minimum Gasteiger partial charge on any atom is -0.383 e. The van der Waals surface area contributed by atoms with Crippen LogP contribution in [0.15, 0.2) is 54.7 Å². The van der Waals surface area contributed by atoms with E-state index in [-0.39, 0.29) is 6.54 Å². The van der Waals surface area contributed by atoms with Crippen LogP contribution >= 0.6 is 11.6 Å². The first-order chi connectivity index (χ1) is 12.1. The number of methoxy groups -OCH3 is 1. The van der Waals surface area contributed by atoms with Crippen LogP contribution in [0.25, 0.3) is 16.6 Å². The average Bonchev–Trinajstić information content (AvgIpc) is 3.01. The maximum Gasteiger partial charge on any atom is 0.294 e. The normalized spacial score (nSPS) is 10.8. The van der Waals surface area contributed by atoms with Gasteiger partial charge in [-0.1, -0.05) is 29.8 Å². The zero-order valence-electron chi connectivity index (χ0n) is 13.7. The summed E-state index contributed by atoms with van der Waals surface area (Å²) in [5.41, 5.74) is 2.67. The standard InChI is InChI=1S/C19H17ClN2O3/c1-25-11-9-21-19(24)18(23)17-16(13-5-7-14(20)8-6-13)12-15-4-2-3-10-22(15)17/h2-8,10,12H,9,11H2,1H3,(H,21,24). The van der Waals surface area contributed by atoms with E-state index in [1.165, 1.54) is 7.11 Å². The SMILES string of the molecule is COCCNC(=O)C(=O)c1c(-c2ccc(Cl)cc2)cc2ccccn12. The fourth-order valence-corrected chi connectivity index (χ4v) is 2.79. The first-order valence-corrected chi connectivity index (χ1v) is 8.17. The molecule has 0 atom stereocenters. The topological polar surface area (TPSA) is 59.8 Å². The number of carbonyl (C=O) groups excluding carboxylic acids is 2. The molecule has 0 spiro atoms. The van der Waals surface area contributed by atoms with Crippen LogP contribution in [0.5, 0.6) is 0 Å². The highest BCUT2D eigenvalue weighted by molar-refractivity contribution is 6.43. The molecule has 6 heteroatoms. The Hall–Kier alpha value is -2.63. The van der Waals surface area contributed by atoms with E-state index in [9.17, 15) is 9.59 Å². The maximum absolute atomic E-state index is 12.8. The van der Waals surface area contributed by atoms with E-state index in [0.717, 1.165) is 11.1 Å². The minimum absolute atomic E-state index is 0.278. The number of hydrogen-bond donors (Lipinski definition) is 1. The van der Waals surface area contributed by atoms with Gasteiger partial charge in [0.15, 0.2) is 0 Å². The zero-order valence-corrected chi connectivity index (χ0v) is 14.4. The number of carbonyl (C=O) groups is 2. The summed E-state index contributed by atoms with van der Waals surface area (Å²) in [6.07, 6.45) is 1.77. The summed E-state index contributed by atoms with van der Waals surface area (Å²) in [4.78, 5) is 25.0. The van der Waals surface area contributed by atoms with Crippen molar-refractivity contribution in [1.82, 2.24) is 9.72 Å². The highest BCUT2D eigenvalue weighted by Gasteiger charge is 2.24. The third-order valence-electron chi connectivity index (χ3n) is 3.85. The molecular formula is C19H17ClN2O3. The molecule has 25 heavy (non-hydrogen) atoms. The summed E-state index contributed by atoms with van der Waals surface area (Å²) in [7, 11) is 1.53. The van der Waals surface area contributed by atoms with Crippen molar-refractivity contribution in [2.45, 2.75) is 0 Å². The summed E-state index contributed by atoms with van der Waals surface area (Å²) < 4.78 is 6.62. The Bertz CT molecular complexity index is 916. The number of hydrogen-bond acceptors (Lipinski definition) is 3. The Kier molecular flexibility index (Phi) is 5.16. The molecule has 2 aromatic heterocycles. The molecule has 128 valence electrons. The second-order valence-electron chi connectivity index (χ2n) is 5.49. The van der Waals surface area contributed by atoms with Gasteiger partial charge < -0.3 is 14.5 Å². The largest absolute Gasteiger partial charge is 0.383 e. The number of amides is 1. The molecule has 1 aromatic carbocycles. The van der Waals surface area contributed by atoms with E-state index in [1.807, 2.05) is 36.4 Å². The van der Waals surface area contributed by atoms with Gasteiger partial charge in [0.1, 0.15) is 5.69 Å². The number of Topliss-reactive ketones (excluding diaryl/α,β-unsaturated/α-hetero) is 1. The summed E-state index contributed by atoms with van der Waals surface area (Å²) in [6, 6.07) is 14.6. The second-order valence-corrected chi connectivity index (χ2v) is 5.92. The Morgan fingerprint density at radius 2 is 1.92 bits per heavy atom. The molecule has 0 aliphatic heterocycles. The molecule has 5 nitrogen and oxygen atoms in total. The molecule has 0 bridgehead atoms. The first-order valence-electron chi connectivity index (χ1n) is 7.79. The molecule has 3 aromatic rings. The predicted octanol–water partition coefficient (Wildman–Crippen LogP) is 3.21. The number of rotatable bonds is 6. The maximum atomic E-state index is 12.8. The van der Waals surface area contributed by atoms with Gasteiger partial charge in [0.05, 0.1) is 6.61 Å². The highest BCUT2D eigenvalue weighted by atomic mass is 35.5. The van der Waals surface area contributed by atoms with E-state index < -0.39 is 11.7 Å². The minimum atomic E-state index is -0.656. The molecule has 0 fully saturated rings. The van der Waals surface area contributed by atoms with Gasteiger partial charge >= 0.3 is 0 Å². The van der Waals surface area contributed by atoms with Gasteiger partial charge in [0, 0.05) is 36.0 Å². The van der Waals surface area contributed by atoms with Crippen LogP contribution in [0.2, 0.25) is 5.02 Å². The number of halogens is 1. The first kappa shape index (κ1) is 17.2. The number of fused-ring (bicyclic) bond motifs is 1. The van der Waals surface area contributed by atoms with E-state index in [0.29, 0.717) is 22.9 Å². The third-order valence-corrected chi connectivity index (χ3v) is 4.10. The van der Waals surface area contributed by atoms with Gasteiger partial charge in [-0.25, -0.2) is 0 Å². The van der Waals surface area contributed by atoms with Crippen molar-refractivity contribution in [3.63, 3.8) is 0 Å². The third kappa shape index (κ3) is 3.57. The van der Waals surface area contributed by atoms with Crippen LogP contribution in [-0.4, -0.2) is 36.4 Å². The zero-order chi connectivity index (χ0) is 17.8. The van der Waals surface area contributed by atoms with Crippen molar-refractivity contribution in [3.8, 4) is 11.1 Å². The Morgan fingerprint density at radius 3 is 2.64 bits per heavy atom. The number of nitrogens with zero attached hydrogens (tertiary/aromatic N) is 1. The Morgan fingerprint density at radius 1 is 1.16 bits per heavy atom. The van der Waals surface area contributed by atoms with Crippen molar-refractivity contribution < 1.29 is 14.3 Å². The number of benzene rings is 1. The molecular weight excluding hydrogens is 340 g/mol. The molecule has 0 aliphatic carbocycles. The monoisotopic (exact) mass is 356 g/mol. The molecule has 1 N–H and O–H groups in total. The van der Waals surface area contributed by atoms with E-state index >= 15 is 0 Å². The number of aromatic nitrogens is 1. The summed E-state index contributed by atoms with van der Waals surface area (Å²) in [5, 5.41) is 3.19. The fourth-order valence-electron chi connectivity index (χ4n) is 2.66. The summed E-state index contributed by atoms with van der Waals surface area (Å²) in [5.74, 6) is -1.25. The van der Waals surface area contributed by atoms with Crippen LogP contribution in [0.3, 0.4) is 0 Å². The second kappa shape index (κ2) is 7.51. The molecule has 0 saturated carbocycles. The molecule has 0 aliphatic rings. The Labute approximate surface area is 150 Å². The van der Waals surface area contributed by atoms with Crippen LogP contribution < -0.4 is 5.32 Å². The molecule has 0 radical (unpaired) electrons. The Balaban J connectivity index is 2.06. The van der Waals surface area contributed by atoms with Gasteiger partial charge in [0.25, 0.3) is 11.7 Å². The fraction of sp³-hybridized carbons (Fsp3) is 0.158. The van der Waals surface area contributed by atoms with Crippen LogP contribution in [0.4, 0.5) is 0 Å². The lowest BCUT2D eigenvalue weighted by molar-refractivity contribution is -0.117. The smallest absolute Gasteiger partial charge is 0.294 e. The number of ketones is 1. The van der Waals surface area contributed by atoms with Crippen LogP contribution in [0.1, 0.15) is 10.5 Å². The van der Waals surface area contributed by atoms with Crippen molar-refractivity contribution in [2.75, 3.05) is 20.3 Å². The van der Waals surface area contributed by atoms with E-state index in [4.69, 9.17) is 16.3 Å². The molecule has 1 amide bonds. The predicted molar refractivity (Wildman–Crippen MR) is 97.1 cm³/mol. The summed E-state index contributed by atoms with van der Waals surface area (Å²) in [6.45, 7) is 0.624. The molecule has 2 heterocycles. The van der Waals surface area contributed by atoms with Gasteiger partial charge in [-0.15, -0.1) is 0 Å². The number of ether oxygens (including phenoxy) is 1. The molecule has 0 saturated heterocycles. The lowest BCUT2D eigenvalue weighted by atomic mass is 10.0. The molecule has 0 unspecified atom stereocenters. The van der Waals surface area contributed by atoms with Crippen LogP contribution in [-0.2, 0) is 9.53 Å². The average molecular weight is 357 g/mol. The van der Waals surface area contributed by atoms with E-state index in [1.54, 1.807) is 22.7 Å². The highest BCUT2D eigenvalue weighted by Crippen LogP contribution is 2.29. The van der Waals surface area contributed by atoms with Crippen LogP contribution in [0, 0.1) is 0 Å². The number of nitrogens with one attached hydrogen (secondary N) is 1. The lowest BCUT2D eigenvalue weighted by Gasteiger charge is -2.07. The number of pyridine rings is 1. The van der Waals surface area contributed by atoms with Crippen molar-refractivity contribution in [1.29, 1.82) is 0 Å². The van der Waals surface area contributed by atoms with E-state index in [2.05, 4.69) is 5.32 Å². The quantitative estimate of drug-likeness (QED) is 0.419. The van der Waals surface area contributed by atoms with Crippen molar-refractivity contribution in [3.05, 3.63) is 65.4 Å². The van der Waals surface area contributed by atoms with Gasteiger partial charge in [-0.05, 0) is 35.9 Å². The van der Waals surface area contributed by atoms with Gasteiger partial charge in [0.2, 0.25) is 0 Å². The van der Waals surface area contributed by atoms with Gasteiger partial charge in [-0.3, -0.25) is 9.59 Å². The van der Waals surface area contributed by atoms with Crippen molar-refractivity contribution in [2.24, 2.45) is 0 Å².